The van der Waals surface area contributed by atoms with E-state index in [0.29, 0.717) is 0 Å². The van der Waals surface area contributed by atoms with Crippen LogP contribution >= 0.6 is 0 Å². The molecular formula is C22H17N3. The predicted molar refractivity (Wildman–Crippen MR) is 102 cm³/mol. The van der Waals surface area contributed by atoms with Crippen molar-refractivity contribution in [3.63, 3.8) is 0 Å². The number of aryl methyl sites for hydroxylation is 1. The van der Waals surface area contributed by atoms with E-state index in [9.17, 15) is 0 Å². The number of rotatable bonds is 2. The van der Waals surface area contributed by atoms with Crippen LogP contribution < -0.4 is 0 Å². The zero-order valence-corrected chi connectivity index (χ0v) is 13.9. The fraction of sp³-hybridized carbons (Fsp3) is 0.0455. The second-order valence-electron chi connectivity index (χ2n) is 6.35. The molecule has 0 unspecified atom stereocenters. The van der Waals surface area contributed by atoms with E-state index >= 15 is 0 Å². The highest BCUT2D eigenvalue weighted by Gasteiger charge is 2.11. The van der Waals surface area contributed by atoms with E-state index < -0.39 is 0 Å². The van der Waals surface area contributed by atoms with Gasteiger partial charge in [0.2, 0.25) is 0 Å². The molecule has 3 aromatic heterocycles. The van der Waals surface area contributed by atoms with Crippen molar-refractivity contribution in [2.24, 2.45) is 0 Å². The van der Waals surface area contributed by atoms with Gasteiger partial charge in [-0.2, -0.15) is 0 Å². The molecule has 0 aliphatic heterocycles. The maximum atomic E-state index is 4.97. The maximum absolute atomic E-state index is 4.97. The molecule has 0 saturated carbocycles. The molecule has 0 aliphatic rings. The SMILES string of the molecule is Cc1ccc(-c2nc3ccc(-n4cccc4)cc3n3cccc23)cc1. The summed E-state index contributed by atoms with van der Waals surface area (Å²) < 4.78 is 4.34. The van der Waals surface area contributed by atoms with Gasteiger partial charge in [-0.1, -0.05) is 29.8 Å². The van der Waals surface area contributed by atoms with Gasteiger partial charge in [0.25, 0.3) is 0 Å². The van der Waals surface area contributed by atoms with Crippen LogP contribution in [0, 0.1) is 6.92 Å². The lowest BCUT2D eigenvalue weighted by Crippen LogP contribution is -1.97. The normalized spacial score (nSPS) is 11.4. The van der Waals surface area contributed by atoms with Crippen molar-refractivity contribution in [2.75, 3.05) is 0 Å². The van der Waals surface area contributed by atoms with Crippen molar-refractivity contribution in [3.8, 4) is 16.9 Å². The Balaban J connectivity index is 1.79. The van der Waals surface area contributed by atoms with Crippen LogP contribution in [-0.4, -0.2) is 14.0 Å². The van der Waals surface area contributed by atoms with Crippen LogP contribution in [0.4, 0.5) is 0 Å². The molecule has 3 heterocycles. The summed E-state index contributed by atoms with van der Waals surface area (Å²) in [5, 5.41) is 0. The average Bonchev–Trinajstić information content (AvgIpc) is 3.33. The van der Waals surface area contributed by atoms with Gasteiger partial charge < -0.3 is 8.97 Å². The Hall–Kier alpha value is -3.33. The molecule has 0 bridgehead atoms. The number of hydrogen-bond donors (Lipinski definition) is 0. The maximum Gasteiger partial charge on any atom is 0.0950 e. The average molecular weight is 323 g/mol. The van der Waals surface area contributed by atoms with E-state index in [2.05, 4.69) is 89.1 Å². The summed E-state index contributed by atoms with van der Waals surface area (Å²) in [5.74, 6) is 0. The Morgan fingerprint density at radius 2 is 1.56 bits per heavy atom. The minimum Gasteiger partial charge on any atom is -0.324 e. The van der Waals surface area contributed by atoms with Gasteiger partial charge in [-0.25, -0.2) is 4.98 Å². The second-order valence-corrected chi connectivity index (χ2v) is 6.35. The molecule has 0 amide bonds. The largest absolute Gasteiger partial charge is 0.324 e. The molecule has 0 aliphatic carbocycles. The highest BCUT2D eigenvalue weighted by molar-refractivity contribution is 5.88. The predicted octanol–water partition coefficient (Wildman–Crippen LogP) is 5.25. The molecule has 0 saturated heterocycles. The smallest absolute Gasteiger partial charge is 0.0950 e. The Bertz CT molecular complexity index is 1180. The van der Waals surface area contributed by atoms with Gasteiger partial charge in [0.1, 0.15) is 0 Å². The van der Waals surface area contributed by atoms with Crippen LogP contribution in [0.5, 0.6) is 0 Å². The zero-order valence-electron chi connectivity index (χ0n) is 13.9. The molecule has 0 atom stereocenters. The molecular weight excluding hydrogens is 306 g/mol. The van der Waals surface area contributed by atoms with Crippen LogP contribution in [0.25, 0.3) is 33.5 Å². The third kappa shape index (κ3) is 2.24. The van der Waals surface area contributed by atoms with E-state index in [-0.39, 0.29) is 0 Å². The van der Waals surface area contributed by atoms with E-state index in [4.69, 9.17) is 4.98 Å². The summed E-state index contributed by atoms with van der Waals surface area (Å²) in [5.41, 5.74) is 7.79. The Morgan fingerprint density at radius 3 is 2.36 bits per heavy atom. The summed E-state index contributed by atoms with van der Waals surface area (Å²) in [6.07, 6.45) is 6.22. The monoisotopic (exact) mass is 323 g/mol. The van der Waals surface area contributed by atoms with Gasteiger partial charge in [0.15, 0.2) is 0 Å². The summed E-state index contributed by atoms with van der Waals surface area (Å²) in [6.45, 7) is 2.10. The molecule has 0 radical (unpaired) electrons. The highest BCUT2D eigenvalue weighted by Crippen LogP contribution is 2.28. The summed E-state index contributed by atoms with van der Waals surface area (Å²) in [7, 11) is 0. The first-order valence-corrected chi connectivity index (χ1v) is 8.41. The molecule has 0 N–H and O–H groups in total. The van der Waals surface area contributed by atoms with Crippen LogP contribution in [0.1, 0.15) is 5.56 Å². The minimum atomic E-state index is 0.996. The Morgan fingerprint density at radius 1 is 0.760 bits per heavy atom. The summed E-state index contributed by atoms with van der Waals surface area (Å²) >= 11 is 0. The third-order valence-corrected chi connectivity index (χ3v) is 4.67. The minimum absolute atomic E-state index is 0.996. The van der Waals surface area contributed by atoms with E-state index in [0.717, 1.165) is 33.5 Å². The number of aromatic nitrogens is 3. The van der Waals surface area contributed by atoms with Crippen molar-refractivity contribution < 1.29 is 0 Å². The lowest BCUT2D eigenvalue weighted by Gasteiger charge is -2.11. The van der Waals surface area contributed by atoms with Crippen molar-refractivity contribution >= 4 is 16.6 Å². The van der Waals surface area contributed by atoms with Gasteiger partial charge in [-0.3, -0.25) is 0 Å². The number of benzene rings is 2. The molecule has 120 valence electrons. The van der Waals surface area contributed by atoms with Crippen molar-refractivity contribution in [3.05, 3.63) is 90.9 Å². The van der Waals surface area contributed by atoms with Gasteiger partial charge in [-0.15, -0.1) is 0 Å². The van der Waals surface area contributed by atoms with Crippen LogP contribution in [-0.2, 0) is 0 Å². The fourth-order valence-electron chi connectivity index (χ4n) is 3.35. The van der Waals surface area contributed by atoms with Crippen LogP contribution in [0.15, 0.2) is 85.3 Å². The molecule has 5 rings (SSSR count). The Kier molecular flexibility index (Phi) is 3.01. The highest BCUT2D eigenvalue weighted by atomic mass is 15.0. The quantitative estimate of drug-likeness (QED) is 0.435. The van der Waals surface area contributed by atoms with Crippen molar-refractivity contribution in [1.29, 1.82) is 0 Å². The fourth-order valence-corrected chi connectivity index (χ4v) is 3.35. The number of hydrogen-bond acceptors (Lipinski definition) is 1. The lowest BCUT2D eigenvalue weighted by molar-refractivity contribution is 1.08. The first kappa shape index (κ1) is 14.1. The summed E-state index contributed by atoms with van der Waals surface area (Å²) in [6, 6.07) is 23.2. The van der Waals surface area contributed by atoms with Crippen LogP contribution in [0.3, 0.4) is 0 Å². The zero-order chi connectivity index (χ0) is 16.8. The van der Waals surface area contributed by atoms with Gasteiger partial charge in [0, 0.05) is 29.8 Å². The first-order chi connectivity index (χ1) is 12.3. The molecule has 0 fully saturated rings. The lowest BCUT2D eigenvalue weighted by atomic mass is 10.1. The van der Waals surface area contributed by atoms with E-state index in [1.54, 1.807) is 0 Å². The molecule has 0 spiro atoms. The van der Waals surface area contributed by atoms with E-state index in [1.807, 2.05) is 12.1 Å². The van der Waals surface area contributed by atoms with Gasteiger partial charge in [-0.05, 0) is 49.4 Å². The van der Waals surface area contributed by atoms with Crippen molar-refractivity contribution in [1.82, 2.24) is 14.0 Å². The molecule has 2 aromatic carbocycles. The first-order valence-electron chi connectivity index (χ1n) is 8.41. The standard InChI is InChI=1S/C22H17N3/c1-16-6-8-17(9-7-16)22-20-5-4-14-25(20)21-15-18(10-11-19(21)23-22)24-12-2-3-13-24/h2-15H,1H3. The van der Waals surface area contributed by atoms with Gasteiger partial charge >= 0.3 is 0 Å². The topological polar surface area (TPSA) is 22.2 Å². The second kappa shape index (κ2) is 5.35. The van der Waals surface area contributed by atoms with Gasteiger partial charge in [0.05, 0.1) is 22.2 Å². The van der Waals surface area contributed by atoms with Crippen molar-refractivity contribution in [2.45, 2.75) is 6.92 Å². The Labute approximate surface area is 145 Å². The number of nitrogens with zero attached hydrogens (tertiary/aromatic N) is 3. The number of fused-ring (bicyclic) bond motifs is 3. The molecule has 3 heteroatoms. The molecule has 25 heavy (non-hydrogen) atoms. The third-order valence-electron chi connectivity index (χ3n) is 4.67. The molecule has 5 aromatic rings. The summed E-state index contributed by atoms with van der Waals surface area (Å²) in [4.78, 5) is 4.97. The van der Waals surface area contributed by atoms with E-state index in [1.165, 1.54) is 5.56 Å². The molecule has 3 nitrogen and oxygen atoms in total. The van der Waals surface area contributed by atoms with Crippen LogP contribution in [0.2, 0.25) is 0 Å².